The summed E-state index contributed by atoms with van der Waals surface area (Å²) in [6, 6.07) is 0. The van der Waals surface area contributed by atoms with Crippen LogP contribution in [0.3, 0.4) is 0 Å². The summed E-state index contributed by atoms with van der Waals surface area (Å²) in [4.78, 5) is 22.8. The monoisotopic (exact) mass is 228 g/mol. The molecule has 0 atom stereocenters. The van der Waals surface area contributed by atoms with Crippen LogP contribution in [0.15, 0.2) is 22.8 Å². The first-order valence-electron chi connectivity index (χ1n) is 4.59. The number of ketones is 2. The first-order chi connectivity index (χ1) is 7.18. The van der Waals surface area contributed by atoms with Gasteiger partial charge in [-0.1, -0.05) is 11.6 Å². The summed E-state index contributed by atoms with van der Waals surface area (Å²) in [6.45, 7) is 1.04. The highest BCUT2D eigenvalue weighted by molar-refractivity contribution is 6.48. The van der Waals surface area contributed by atoms with Crippen LogP contribution in [0.1, 0.15) is 6.42 Å². The molecule has 1 aliphatic carbocycles. The Morgan fingerprint density at radius 2 is 1.87 bits per heavy atom. The summed E-state index contributed by atoms with van der Waals surface area (Å²) in [7, 11) is 0. The third-order valence-electron chi connectivity index (χ3n) is 2.13. The average Bonchev–Trinajstić information content (AvgIpc) is 2.24. The van der Waals surface area contributed by atoms with Crippen molar-refractivity contribution in [1.29, 1.82) is 0 Å². The van der Waals surface area contributed by atoms with E-state index in [1.54, 1.807) is 0 Å². The highest BCUT2D eigenvalue weighted by Crippen LogP contribution is 2.23. The molecule has 0 radical (unpaired) electrons. The van der Waals surface area contributed by atoms with Gasteiger partial charge < -0.3 is 9.47 Å². The van der Waals surface area contributed by atoms with Crippen LogP contribution in [0.5, 0.6) is 0 Å². The predicted octanol–water partition coefficient (Wildman–Crippen LogP) is 0.950. The number of allylic oxidation sites excluding steroid dienone is 3. The van der Waals surface area contributed by atoms with E-state index < -0.39 is 12.1 Å². The van der Waals surface area contributed by atoms with Crippen LogP contribution in [-0.2, 0) is 19.1 Å². The van der Waals surface area contributed by atoms with Gasteiger partial charge in [-0.2, -0.15) is 0 Å². The Bertz CT molecular complexity index is 364. The van der Waals surface area contributed by atoms with E-state index in [9.17, 15) is 9.59 Å². The lowest BCUT2D eigenvalue weighted by atomic mass is 10.0. The van der Waals surface area contributed by atoms with E-state index in [-0.39, 0.29) is 16.4 Å². The molecule has 1 saturated heterocycles. The lowest BCUT2D eigenvalue weighted by Crippen LogP contribution is -2.31. The highest BCUT2D eigenvalue weighted by atomic mass is 35.5. The Kier molecular flexibility index (Phi) is 3.00. The lowest BCUT2D eigenvalue weighted by molar-refractivity contribution is -0.160. The minimum atomic E-state index is -0.752. The summed E-state index contributed by atoms with van der Waals surface area (Å²) in [5.41, 5.74) is 0.187. The number of Topliss-reactive ketones (excluding diaryl/α,β-unsaturated/α-hetero) is 1. The summed E-state index contributed by atoms with van der Waals surface area (Å²) in [6.07, 6.45) is 2.34. The van der Waals surface area contributed by atoms with E-state index in [2.05, 4.69) is 0 Å². The molecular weight excluding hydrogens is 220 g/mol. The zero-order valence-electron chi connectivity index (χ0n) is 7.86. The molecule has 5 heteroatoms. The van der Waals surface area contributed by atoms with E-state index in [1.807, 2.05) is 0 Å². The van der Waals surface area contributed by atoms with Crippen LogP contribution in [0, 0.1) is 0 Å². The van der Waals surface area contributed by atoms with Crippen molar-refractivity contribution in [2.75, 3.05) is 13.2 Å². The second-order valence-electron chi connectivity index (χ2n) is 3.25. The molecule has 1 aliphatic heterocycles. The average molecular weight is 229 g/mol. The fourth-order valence-electron chi connectivity index (χ4n) is 1.43. The van der Waals surface area contributed by atoms with E-state index in [1.165, 1.54) is 6.08 Å². The van der Waals surface area contributed by atoms with Crippen LogP contribution in [0.25, 0.3) is 0 Å². The van der Waals surface area contributed by atoms with Crippen molar-refractivity contribution in [1.82, 2.24) is 0 Å². The van der Waals surface area contributed by atoms with Gasteiger partial charge in [0.05, 0.1) is 23.8 Å². The maximum absolute atomic E-state index is 11.6. The van der Waals surface area contributed by atoms with E-state index in [0.29, 0.717) is 13.2 Å². The SMILES string of the molecule is O=C1C=C(Cl)C(=O)C(C2OCCCO2)=C1. The van der Waals surface area contributed by atoms with Gasteiger partial charge in [0.15, 0.2) is 12.1 Å². The van der Waals surface area contributed by atoms with Crippen molar-refractivity contribution < 1.29 is 19.1 Å². The van der Waals surface area contributed by atoms with Crippen LogP contribution >= 0.6 is 11.6 Å². The number of halogens is 1. The molecule has 0 amide bonds. The Hall–Kier alpha value is -0.970. The standard InChI is InChI=1S/C10H9ClO4/c11-8-5-6(12)4-7(9(8)13)10-14-2-1-3-15-10/h4-5,10H,1-3H2. The molecule has 0 aromatic heterocycles. The number of ether oxygens (including phenoxy) is 2. The molecule has 2 aliphatic rings. The topological polar surface area (TPSA) is 52.6 Å². The number of rotatable bonds is 1. The molecule has 0 aromatic carbocycles. The van der Waals surface area contributed by atoms with E-state index >= 15 is 0 Å². The summed E-state index contributed by atoms with van der Waals surface area (Å²) < 4.78 is 10.5. The smallest absolute Gasteiger partial charge is 0.205 e. The van der Waals surface area contributed by atoms with Crippen LogP contribution in [-0.4, -0.2) is 31.1 Å². The fourth-order valence-corrected chi connectivity index (χ4v) is 1.65. The maximum atomic E-state index is 11.6. The van der Waals surface area contributed by atoms with Gasteiger partial charge in [0.2, 0.25) is 5.78 Å². The summed E-state index contributed by atoms with van der Waals surface area (Å²) >= 11 is 5.61. The zero-order valence-corrected chi connectivity index (χ0v) is 8.62. The fraction of sp³-hybridized carbons (Fsp3) is 0.400. The molecular formula is C10H9ClO4. The molecule has 4 nitrogen and oxygen atoms in total. The third-order valence-corrected chi connectivity index (χ3v) is 2.41. The summed E-state index contributed by atoms with van der Waals surface area (Å²) in [5, 5.41) is -0.0877. The van der Waals surface area contributed by atoms with Gasteiger partial charge in [-0.25, -0.2) is 0 Å². The zero-order chi connectivity index (χ0) is 10.8. The van der Waals surface area contributed by atoms with Crippen LogP contribution in [0.4, 0.5) is 0 Å². The Balaban J connectivity index is 2.20. The molecule has 0 N–H and O–H groups in total. The van der Waals surface area contributed by atoms with Gasteiger partial charge in [-0.15, -0.1) is 0 Å². The third kappa shape index (κ3) is 2.17. The Morgan fingerprint density at radius 1 is 1.20 bits per heavy atom. The van der Waals surface area contributed by atoms with Crippen molar-refractivity contribution in [3.8, 4) is 0 Å². The minimum absolute atomic E-state index is 0.0877. The molecule has 0 aromatic rings. The molecule has 0 unspecified atom stereocenters. The van der Waals surface area contributed by atoms with Crippen molar-refractivity contribution in [3.63, 3.8) is 0 Å². The second-order valence-corrected chi connectivity index (χ2v) is 3.66. The molecule has 0 saturated carbocycles. The van der Waals surface area contributed by atoms with Crippen molar-refractivity contribution in [2.45, 2.75) is 12.7 Å². The Labute approximate surface area is 91.5 Å². The molecule has 1 fully saturated rings. The molecule has 15 heavy (non-hydrogen) atoms. The largest absolute Gasteiger partial charge is 0.348 e. The minimum Gasteiger partial charge on any atom is -0.348 e. The number of carbonyl (C=O) groups is 2. The van der Waals surface area contributed by atoms with Crippen molar-refractivity contribution >= 4 is 23.2 Å². The Morgan fingerprint density at radius 3 is 2.53 bits per heavy atom. The predicted molar refractivity (Wildman–Crippen MR) is 52.3 cm³/mol. The van der Waals surface area contributed by atoms with Gasteiger partial charge in [0.25, 0.3) is 0 Å². The first kappa shape index (κ1) is 10.5. The molecule has 80 valence electrons. The number of carbonyl (C=O) groups excluding carboxylic acids is 2. The van der Waals surface area contributed by atoms with Crippen LogP contribution < -0.4 is 0 Å². The molecule has 0 bridgehead atoms. The lowest BCUT2D eigenvalue weighted by Gasteiger charge is -2.25. The molecule has 0 spiro atoms. The van der Waals surface area contributed by atoms with E-state index in [0.717, 1.165) is 12.5 Å². The summed E-state index contributed by atoms with van der Waals surface area (Å²) in [5.74, 6) is -0.712. The van der Waals surface area contributed by atoms with Gasteiger partial charge in [-0.3, -0.25) is 9.59 Å². The first-order valence-corrected chi connectivity index (χ1v) is 4.97. The van der Waals surface area contributed by atoms with Crippen molar-refractivity contribution in [3.05, 3.63) is 22.8 Å². The van der Waals surface area contributed by atoms with Gasteiger partial charge >= 0.3 is 0 Å². The van der Waals surface area contributed by atoms with Gasteiger partial charge in [0.1, 0.15) is 0 Å². The van der Waals surface area contributed by atoms with Crippen LogP contribution in [0.2, 0.25) is 0 Å². The van der Waals surface area contributed by atoms with E-state index in [4.69, 9.17) is 21.1 Å². The number of hydrogen-bond donors (Lipinski definition) is 0. The quantitative estimate of drug-likeness (QED) is 0.627. The van der Waals surface area contributed by atoms with Crippen molar-refractivity contribution in [2.24, 2.45) is 0 Å². The maximum Gasteiger partial charge on any atom is 0.205 e. The highest BCUT2D eigenvalue weighted by Gasteiger charge is 2.29. The number of hydrogen-bond acceptors (Lipinski definition) is 4. The second kappa shape index (κ2) is 4.26. The molecule has 2 rings (SSSR count). The van der Waals surface area contributed by atoms with Gasteiger partial charge in [-0.05, 0) is 12.5 Å². The molecule has 1 heterocycles. The van der Waals surface area contributed by atoms with Gasteiger partial charge in [0, 0.05) is 6.08 Å². The normalized spacial score (nSPS) is 23.8.